The topological polar surface area (TPSA) is 93.1 Å². The first-order valence-corrected chi connectivity index (χ1v) is 16.4. The molecule has 1 aromatic heterocycles. The molecule has 2 aromatic rings. The van der Waals surface area contributed by atoms with Gasteiger partial charge in [0, 0.05) is 16.9 Å². The minimum Gasteiger partial charge on any atom is -0.311 e. The van der Waals surface area contributed by atoms with Crippen molar-refractivity contribution in [3.05, 3.63) is 34.4 Å². The fourth-order valence-corrected chi connectivity index (χ4v) is 9.45. The highest BCUT2D eigenvalue weighted by Crippen LogP contribution is 2.55. The lowest BCUT2D eigenvalue weighted by Crippen LogP contribution is -2.58. The van der Waals surface area contributed by atoms with Crippen molar-refractivity contribution in [3.63, 3.8) is 0 Å². The van der Waals surface area contributed by atoms with Gasteiger partial charge in [0.05, 0.1) is 10.9 Å². The highest BCUT2D eigenvalue weighted by molar-refractivity contribution is 7.99. The van der Waals surface area contributed by atoms with Gasteiger partial charge in [-0.25, -0.2) is 4.98 Å². The van der Waals surface area contributed by atoms with E-state index in [1.807, 2.05) is 0 Å². The fourth-order valence-electron chi connectivity index (χ4n) is 8.37. The van der Waals surface area contributed by atoms with Crippen molar-refractivity contribution in [1.29, 1.82) is 0 Å². The van der Waals surface area contributed by atoms with Gasteiger partial charge in [-0.1, -0.05) is 25.3 Å². The van der Waals surface area contributed by atoms with Gasteiger partial charge < -0.3 is 5.32 Å². The number of hydrogen-bond donors (Lipinski definition) is 2. The summed E-state index contributed by atoms with van der Waals surface area (Å²) in [5.41, 5.74) is -0.542. The Hall–Kier alpha value is -2.40. The summed E-state index contributed by atoms with van der Waals surface area (Å²) in [6.45, 7) is 1.09. The number of carbonyl (C=O) groups is 2. The van der Waals surface area contributed by atoms with Crippen molar-refractivity contribution in [3.8, 4) is 0 Å². The third-order valence-electron chi connectivity index (χ3n) is 9.78. The number of halogens is 3. The predicted octanol–water partition coefficient (Wildman–Crippen LogP) is 5.99. The first-order chi connectivity index (χ1) is 20.1. The van der Waals surface area contributed by atoms with Crippen LogP contribution in [-0.4, -0.2) is 39.2 Å². The summed E-state index contributed by atoms with van der Waals surface area (Å²) in [5.74, 6) is 0.667. The lowest BCUT2D eigenvalue weighted by Gasteiger charge is -2.57. The van der Waals surface area contributed by atoms with E-state index in [-0.39, 0.29) is 23.7 Å². The minimum absolute atomic E-state index is 0.0487. The number of carbonyl (C=O) groups excluding carboxylic acids is 2. The molecule has 42 heavy (non-hydrogen) atoms. The quantitative estimate of drug-likeness (QED) is 0.186. The molecule has 1 atom stereocenters. The van der Waals surface area contributed by atoms with Crippen LogP contribution >= 0.6 is 11.8 Å². The van der Waals surface area contributed by atoms with Crippen LogP contribution in [0.2, 0.25) is 0 Å². The van der Waals surface area contributed by atoms with Crippen molar-refractivity contribution in [1.82, 2.24) is 20.2 Å². The first kappa shape index (κ1) is 29.7. The van der Waals surface area contributed by atoms with Crippen molar-refractivity contribution < 1.29 is 22.8 Å². The number of nitrogens with zero attached hydrogens (tertiary/aromatic N) is 2. The van der Waals surface area contributed by atoms with Crippen LogP contribution in [0.3, 0.4) is 0 Å². The Balaban J connectivity index is 1.03. The van der Waals surface area contributed by atoms with Crippen LogP contribution in [-0.2, 0) is 15.8 Å². The second-order valence-electron chi connectivity index (χ2n) is 13.0. The Labute approximate surface area is 247 Å². The highest BCUT2D eigenvalue weighted by Gasteiger charge is 2.50. The SMILES string of the molecule is O=C1CCC(n2c(C(F)(F)F)nc3cccc(SCCCCCCCNC45CC6CC(CC(C6)C4)C5)c3c2=O)C(=O)N1. The first-order valence-electron chi connectivity index (χ1n) is 15.5. The molecular weight excluding hydrogens is 565 g/mol. The van der Waals surface area contributed by atoms with Gasteiger partial charge in [-0.05, 0) is 100.0 Å². The number of unbranched alkanes of at least 4 members (excludes halogenated alkanes) is 4. The molecule has 0 spiro atoms. The molecule has 5 fully saturated rings. The standard InChI is InChI=1S/C31H39F3N4O3S/c32-31(33,34)29-36-22-7-6-8-24(26(22)28(41)38(29)23-9-10-25(39)37-27(23)40)42-12-5-3-1-2-4-11-35-30-16-19-13-20(17-30)15-21(14-19)18-30/h6-8,19-21,23,35H,1-5,9-18H2,(H,37,39,40). The number of piperidine rings is 1. The molecule has 2 amide bonds. The summed E-state index contributed by atoms with van der Waals surface area (Å²) in [5, 5.41) is 6.10. The molecule has 4 bridgehead atoms. The fraction of sp³-hybridized carbons (Fsp3) is 0.677. The predicted molar refractivity (Wildman–Crippen MR) is 155 cm³/mol. The second-order valence-corrected chi connectivity index (χ2v) is 14.1. The number of nitrogens with one attached hydrogen (secondary N) is 2. The van der Waals surface area contributed by atoms with Crippen molar-refractivity contribution in [2.24, 2.45) is 17.8 Å². The Bertz CT molecular complexity index is 1370. The van der Waals surface area contributed by atoms with E-state index in [1.54, 1.807) is 12.1 Å². The average Bonchev–Trinajstić information content (AvgIpc) is 2.91. The van der Waals surface area contributed by atoms with E-state index in [1.165, 1.54) is 69.2 Å². The van der Waals surface area contributed by atoms with Gasteiger partial charge in [0.2, 0.25) is 17.6 Å². The molecule has 2 heterocycles. The average molecular weight is 605 g/mol. The zero-order chi connectivity index (χ0) is 29.5. The molecule has 7 nitrogen and oxygen atoms in total. The van der Waals surface area contributed by atoms with Crippen LogP contribution in [0.1, 0.15) is 95.3 Å². The molecule has 4 aliphatic carbocycles. The van der Waals surface area contributed by atoms with E-state index < -0.39 is 35.4 Å². The third-order valence-corrected chi connectivity index (χ3v) is 10.9. The minimum atomic E-state index is -4.94. The lowest BCUT2D eigenvalue weighted by molar-refractivity contribution is -0.150. The normalized spacial score (nSPS) is 28.9. The number of thioether (sulfide) groups is 1. The molecule has 4 saturated carbocycles. The van der Waals surface area contributed by atoms with Gasteiger partial charge >= 0.3 is 6.18 Å². The van der Waals surface area contributed by atoms with Crippen molar-refractivity contribution in [2.45, 2.75) is 106 Å². The number of hydrogen-bond acceptors (Lipinski definition) is 6. The van der Waals surface area contributed by atoms with E-state index in [9.17, 15) is 27.6 Å². The summed E-state index contributed by atoms with van der Waals surface area (Å²) in [6, 6.07) is 3.26. The molecule has 1 aromatic carbocycles. The molecule has 2 N–H and O–H groups in total. The van der Waals surface area contributed by atoms with Gasteiger partial charge in [-0.3, -0.25) is 24.3 Å². The molecular formula is C31H39F3N4O3S. The second kappa shape index (κ2) is 11.9. The van der Waals surface area contributed by atoms with Gasteiger partial charge in [-0.2, -0.15) is 13.2 Å². The monoisotopic (exact) mass is 604 g/mol. The molecule has 228 valence electrons. The molecule has 5 aliphatic rings. The van der Waals surface area contributed by atoms with Crippen LogP contribution in [0.4, 0.5) is 13.2 Å². The van der Waals surface area contributed by atoms with E-state index in [0.29, 0.717) is 15.0 Å². The van der Waals surface area contributed by atoms with Gasteiger partial charge in [0.15, 0.2) is 0 Å². The summed E-state index contributed by atoms with van der Waals surface area (Å²) in [6.07, 6.45) is 8.65. The maximum Gasteiger partial charge on any atom is 0.449 e. The van der Waals surface area contributed by atoms with Gasteiger partial charge in [-0.15, -0.1) is 11.8 Å². The van der Waals surface area contributed by atoms with Crippen LogP contribution in [0.5, 0.6) is 0 Å². The lowest BCUT2D eigenvalue weighted by atomic mass is 9.53. The third kappa shape index (κ3) is 6.14. The summed E-state index contributed by atoms with van der Waals surface area (Å²) >= 11 is 1.43. The smallest absolute Gasteiger partial charge is 0.311 e. The summed E-state index contributed by atoms with van der Waals surface area (Å²) in [4.78, 5) is 41.9. The van der Waals surface area contributed by atoms with Gasteiger partial charge in [0.1, 0.15) is 6.04 Å². The maximum absolute atomic E-state index is 14.0. The number of imide groups is 1. The Kier molecular flexibility index (Phi) is 8.43. The molecule has 0 radical (unpaired) electrons. The Morgan fingerprint density at radius 2 is 1.64 bits per heavy atom. The molecule has 11 heteroatoms. The summed E-state index contributed by atoms with van der Waals surface area (Å²) in [7, 11) is 0. The molecule has 1 unspecified atom stereocenters. The number of rotatable bonds is 11. The van der Waals surface area contributed by atoms with Crippen molar-refractivity contribution >= 4 is 34.5 Å². The number of aromatic nitrogens is 2. The largest absolute Gasteiger partial charge is 0.449 e. The number of amides is 2. The number of alkyl halides is 3. The van der Waals surface area contributed by atoms with Crippen LogP contribution in [0, 0.1) is 17.8 Å². The Morgan fingerprint density at radius 1 is 0.976 bits per heavy atom. The van der Waals surface area contributed by atoms with Crippen LogP contribution in [0.15, 0.2) is 27.9 Å². The summed E-state index contributed by atoms with van der Waals surface area (Å²) < 4.78 is 42.3. The van der Waals surface area contributed by atoms with E-state index in [0.717, 1.165) is 49.3 Å². The number of fused-ring (bicyclic) bond motifs is 1. The van der Waals surface area contributed by atoms with E-state index >= 15 is 0 Å². The number of benzene rings is 1. The maximum atomic E-state index is 14.0. The van der Waals surface area contributed by atoms with Gasteiger partial charge in [0.25, 0.3) is 5.56 Å². The van der Waals surface area contributed by atoms with Crippen LogP contribution < -0.4 is 16.2 Å². The Morgan fingerprint density at radius 3 is 2.31 bits per heavy atom. The highest BCUT2D eigenvalue weighted by atomic mass is 32.2. The molecule has 7 rings (SSSR count). The molecule has 1 aliphatic heterocycles. The zero-order valence-electron chi connectivity index (χ0n) is 23.8. The molecule has 1 saturated heterocycles. The zero-order valence-corrected chi connectivity index (χ0v) is 24.6. The van der Waals surface area contributed by atoms with Crippen molar-refractivity contribution in [2.75, 3.05) is 12.3 Å². The van der Waals surface area contributed by atoms with Crippen LogP contribution in [0.25, 0.3) is 10.9 Å². The van der Waals surface area contributed by atoms with E-state index in [2.05, 4.69) is 15.6 Å². The van der Waals surface area contributed by atoms with E-state index in [4.69, 9.17) is 0 Å².